The minimum absolute atomic E-state index is 0.146. The van der Waals surface area contributed by atoms with Crippen LogP contribution < -0.4 is 0 Å². The SMILES string of the molecule is CC(C)N1CCCC1.CCCCC(CC)N1CCN(CO)C(COC)C1. The van der Waals surface area contributed by atoms with Crippen molar-refractivity contribution in [2.45, 2.75) is 84.3 Å². The predicted octanol–water partition coefficient (Wildman–Crippen LogP) is 3.03. The van der Waals surface area contributed by atoms with Crippen LogP contribution in [-0.4, -0.2) is 91.1 Å². The monoisotopic (exact) mass is 371 g/mol. The number of likely N-dealkylation sites (tertiary alicyclic amines) is 1. The van der Waals surface area contributed by atoms with Crippen molar-refractivity contribution in [3.63, 3.8) is 0 Å². The fraction of sp³-hybridized carbons (Fsp3) is 1.00. The molecule has 0 saturated carbocycles. The topological polar surface area (TPSA) is 39.2 Å². The highest BCUT2D eigenvalue weighted by atomic mass is 16.5. The van der Waals surface area contributed by atoms with Gasteiger partial charge in [-0.05, 0) is 52.6 Å². The van der Waals surface area contributed by atoms with Crippen molar-refractivity contribution in [3.8, 4) is 0 Å². The number of nitrogens with zero attached hydrogens (tertiary/aromatic N) is 3. The first kappa shape index (κ1) is 23.8. The van der Waals surface area contributed by atoms with Crippen molar-refractivity contribution in [1.82, 2.24) is 14.7 Å². The van der Waals surface area contributed by atoms with E-state index in [0.29, 0.717) is 18.7 Å². The van der Waals surface area contributed by atoms with Crippen LogP contribution >= 0.6 is 0 Å². The predicted molar refractivity (Wildman–Crippen MR) is 111 cm³/mol. The molecular weight excluding hydrogens is 326 g/mol. The van der Waals surface area contributed by atoms with Gasteiger partial charge in [0.25, 0.3) is 0 Å². The lowest BCUT2D eigenvalue weighted by Crippen LogP contribution is -2.57. The number of piperazine rings is 1. The maximum absolute atomic E-state index is 9.36. The van der Waals surface area contributed by atoms with Gasteiger partial charge >= 0.3 is 0 Å². The van der Waals surface area contributed by atoms with Crippen LogP contribution in [0.1, 0.15) is 66.2 Å². The number of hydrogen-bond acceptors (Lipinski definition) is 5. The van der Waals surface area contributed by atoms with Crippen LogP contribution in [-0.2, 0) is 4.74 Å². The van der Waals surface area contributed by atoms with Gasteiger partial charge in [0.05, 0.1) is 13.3 Å². The minimum atomic E-state index is 0.146. The fourth-order valence-corrected chi connectivity index (χ4v) is 4.13. The van der Waals surface area contributed by atoms with Crippen molar-refractivity contribution in [1.29, 1.82) is 0 Å². The normalized spacial score (nSPS) is 23.9. The summed E-state index contributed by atoms with van der Waals surface area (Å²) in [5.41, 5.74) is 0. The highest BCUT2D eigenvalue weighted by molar-refractivity contribution is 4.84. The molecule has 0 aromatic heterocycles. The van der Waals surface area contributed by atoms with E-state index in [1.54, 1.807) is 7.11 Å². The quantitative estimate of drug-likeness (QED) is 0.674. The van der Waals surface area contributed by atoms with Gasteiger partial charge in [-0.1, -0.05) is 26.7 Å². The summed E-state index contributed by atoms with van der Waals surface area (Å²) < 4.78 is 5.28. The molecule has 2 atom stereocenters. The highest BCUT2D eigenvalue weighted by Crippen LogP contribution is 2.18. The van der Waals surface area contributed by atoms with Crippen LogP contribution in [0.3, 0.4) is 0 Å². The first-order valence-electron chi connectivity index (χ1n) is 10.9. The van der Waals surface area contributed by atoms with Crippen LogP contribution in [0.15, 0.2) is 0 Å². The van der Waals surface area contributed by atoms with Gasteiger partial charge in [-0.25, -0.2) is 0 Å². The smallest absolute Gasteiger partial charge is 0.0960 e. The van der Waals surface area contributed by atoms with Gasteiger partial charge in [0.15, 0.2) is 0 Å². The van der Waals surface area contributed by atoms with E-state index in [1.165, 1.54) is 51.6 Å². The summed E-state index contributed by atoms with van der Waals surface area (Å²) in [6.07, 6.45) is 7.93. The molecule has 2 unspecified atom stereocenters. The third kappa shape index (κ3) is 8.22. The summed E-state index contributed by atoms with van der Waals surface area (Å²) in [4.78, 5) is 7.23. The molecule has 1 N–H and O–H groups in total. The van der Waals surface area contributed by atoms with E-state index in [2.05, 4.69) is 42.4 Å². The number of rotatable bonds is 9. The Kier molecular flexibility index (Phi) is 12.7. The second kappa shape index (κ2) is 13.9. The molecule has 5 nitrogen and oxygen atoms in total. The molecule has 2 aliphatic heterocycles. The largest absolute Gasteiger partial charge is 0.383 e. The number of hydrogen-bond donors (Lipinski definition) is 1. The van der Waals surface area contributed by atoms with Crippen molar-refractivity contribution >= 4 is 0 Å². The van der Waals surface area contributed by atoms with E-state index >= 15 is 0 Å². The van der Waals surface area contributed by atoms with E-state index in [0.717, 1.165) is 25.7 Å². The standard InChI is InChI=1S/C14H30N2O2.C7H15N/c1-4-6-7-13(5-2)15-8-9-16(12-17)14(10-15)11-18-3;1-7(2)8-5-3-4-6-8/h13-14,17H,4-12H2,1-3H3;7H,3-6H2,1-2H3. The Morgan fingerprint density at radius 2 is 1.73 bits per heavy atom. The Morgan fingerprint density at radius 1 is 1.04 bits per heavy atom. The highest BCUT2D eigenvalue weighted by Gasteiger charge is 2.29. The van der Waals surface area contributed by atoms with Crippen molar-refractivity contribution in [3.05, 3.63) is 0 Å². The van der Waals surface area contributed by atoms with Gasteiger partial charge in [-0.3, -0.25) is 9.80 Å². The lowest BCUT2D eigenvalue weighted by molar-refractivity contribution is -0.0330. The first-order chi connectivity index (χ1) is 12.6. The Balaban J connectivity index is 0.000000350. The molecule has 2 saturated heterocycles. The third-order valence-corrected chi connectivity index (χ3v) is 5.93. The molecule has 0 aromatic carbocycles. The fourth-order valence-electron chi connectivity index (χ4n) is 4.13. The van der Waals surface area contributed by atoms with Crippen LogP contribution in [0.25, 0.3) is 0 Å². The molecule has 2 fully saturated rings. The molecule has 156 valence electrons. The maximum Gasteiger partial charge on any atom is 0.0960 e. The summed E-state index contributed by atoms with van der Waals surface area (Å²) in [5.74, 6) is 0. The van der Waals surface area contributed by atoms with Crippen LogP contribution in [0.5, 0.6) is 0 Å². The van der Waals surface area contributed by atoms with Crippen molar-refractivity contribution in [2.75, 3.05) is 53.2 Å². The Morgan fingerprint density at radius 3 is 2.19 bits per heavy atom. The number of ether oxygens (including phenoxy) is 1. The molecule has 0 aliphatic carbocycles. The van der Waals surface area contributed by atoms with Crippen LogP contribution in [0, 0.1) is 0 Å². The molecule has 26 heavy (non-hydrogen) atoms. The lowest BCUT2D eigenvalue weighted by Gasteiger charge is -2.43. The zero-order chi connectivity index (χ0) is 19.4. The Bertz CT molecular complexity index is 335. The van der Waals surface area contributed by atoms with E-state index in [-0.39, 0.29) is 6.73 Å². The van der Waals surface area contributed by atoms with Gasteiger partial charge in [0.2, 0.25) is 0 Å². The zero-order valence-electron chi connectivity index (χ0n) is 18.1. The summed E-state index contributed by atoms with van der Waals surface area (Å²) in [5, 5.41) is 9.36. The van der Waals surface area contributed by atoms with Gasteiger partial charge in [0.1, 0.15) is 0 Å². The molecule has 0 radical (unpaired) electrons. The number of aliphatic hydroxyl groups excluding tert-OH is 1. The summed E-state index contributed by atoms with van der Waals surface area (Å²) in [6.45, 7) is 15.6. The van der Waals surface area contributed by atoms with Gasteiger partial charge in [-0.2, -0.15) is 0 Å². The van der Waals surface area contributed by atoms with E-state index in [9.17, 15) is 5.11 Å². The average molecular weight is 372 g/mol. The Hall–Kier alpha value is -0.200. The van der Waals surface area contributed by atoms with Crippen molar-refractivity contribution < 1.29 is 9.84 Å². The second-order valence-corrected chi connectivity index (χ2v) is 8.10. The molecule has 0 bridgehead atoms. The lowest BCUT2D eigenvalue weighted by atomic mass is 10.0. The molecule has 2 heterocycles. The number of unbranched alkanes of at least 4 members (excludes halogenated alkanes) is 1. The van der Waals surface area contributed by atoms with E-state index in [1.807, 2.05) is 0 Å². The minimum Gasteiger partial charge on any atom is -0.383 e. The molecular formula is C21H45N3O2. The van der Waals surface area contributed by atoms with Crippen LogP contribution in [0.2, 0.25) is 0 Å². The molecule has 2 aliphatic rings. The zero-order valence-corrected chi connectivity index (χ0v) is 18.1. The van der Waals surface area contributed by atoms with Crippen molar-refractivity contribution in [2.24, 2.45) is 0 Å². The van der Waals surface area contributed by atoms with E-state index < -0.39 is 0 Å². The third-order valence-electron chi connectivity index (χ3n) is 5.93. The number of methoxy groups -OCH3 is 1. The van der Waals surface area contributed by atoms with Gasteiger partial charge < -0.3 is 14.7 Å². The van der Waals surface area contributed by atoms with E-state index in [4.69, 9.17) is 4.74 Å². The molecule has 2 rings (SSSR count). The first-order valence-corrected chi connectivity index (χ1v) is 10.9. The molecule has 5 heteroatoms. The summed E-state index contributed by atoms with van der Waals surface area (Å²) in [6, 6.07) is 1.81. The van der Waals surface area contributed by atoms with Gasteiger partial charge in [-0.15, -0.1) is 0 Å². The maximum atomic E-state index is 9.36. The van der Waals surface area contributed by atoms with Crippen LogP contribution in [0.4, 0.5) is 0 Å². The summed E-state index contributed by atoms with van der Waals surface area (Å²) in [7, 11) is 1.74. The second-order valence-electron chi connectivity index (χ2n) is 8.10. The molecule has 0 spiro atoms. The Labute approximate surface area is 162 Å². The van der Waals surface area contributed by atoms with Gasteiger partial charge in [0, 0.05) is 44.9 Å². The molecule has 0 amide bonds. The summed E-state index contributed by atoms with van der Waals surface area (Å²) >= 11 is 0. The average Bonchev–Trinajstić information content (AvgIpc) is 3.18. The number of aliphatic hydroxyl groups is 1. The molecule has 0 aromatic rings.